The summed E-state index contributed by atoms with van der Waals surface area (Å²) in [5, 5.41) is 14.0. The van der Waals surface area contributed by atoms with E-state index in [1.54, 1.807) is 0 Å². The minimum absolute atomic E-state index is 0.393. The fourth-order valence-electron chi connectivity index (χ4n) is 6.00. The Morgan fingerprint density at radius 2 is 1.79 bits per heavy atom. The molecule has 6 nitrogen and oxygen atoms in total. The van der Waals surface area contributed by atoms with Gasteiger partial charge >= 0.3 is 0 Å². The molecule has 0 radical (unpaired) electrons. The van der Waals surface area contributed by atoms with Crippen LogP contribution in [0.1, 0.15) is 52.4 Å². The number of benzene rings is 1. The maximum atomic E-state index is 14.1. The van der Waals surface area contributed by atoms with Gasteiger partial charge in [0.25, 0.3) is 0 Å². The monoisotopic (exact) mass is 424 g/mol. The summed E-state index contributed by atoms with van der Waals surface area (Å²) in [6, 6.07) is 5.16. The molecule has 29 heavy (non-hydrogen) atoms. The lowest BCUT2D eigenvalue weighted by Gasteiger charge is -2.60. The Labute approximate surface area is 171 Å². The van der Waals surface area contributed by atoms with Crippen LogP contribution in [0.2, 0.25) is 0 Å². The number of likely N-dealkylation sites (N-methyl/N-ethyl adjacent to an activating group) is 1. The number of nitrogens with one attached hydrogen (secondary N) is 1. The van der Waals surface area contributed by atoms with Gasteiger partial charge in [0.15, 0.2) is 0 Å². The molecule has 160 valence electrons. The van der Waals surface area contributed by atoms with Gasteiger partial charge in [-0.3, -0.25) is 4.79 Å². The van der Waals surface area contributed by atoms with Gasteiger partial charge in [0.05, 0.1) is 5.60 Å². The number of carbonyl (C=O) groups is 1. The largest absolute Gasteiger partial charge is 0.390 e. The minimum Gasteiger partial charge on any atom is -0.390 e. The fraction of sp³-hybridized carbons (Fsp3) is 0.667. The summed E-state index contributed by atoms with van der Waals surface area (Å²) in [7, 11) is -2.90. The van der Waals surface area contributed by atoms with Gasteiger partial charge in [-0.25, -0.2) is 12.8 Å². The molecular formula is C21H29FN2O4S. The lowest BCUT2D eigenvalue weighted by atomic mass is 9.51. The molecule has 4 aliphatic rings. The highest BCUT2D eigenvalue weighted by molar-refractivity contribution is 7.89. The molecular weight excluding hydrogens is 395 g/mol. The Hall–Kier alpha value is -1.51. The van der Waals surface area contributed by atoms with Crippen LogP contribution >= 0.6 is 0 Å². The van der Waals surface area contributed by atoms with E-state index in [4.69, 9.17) is 0 Å². The van der Waals surface area contributed by atoms with E-state index < -0.39 is 43.3 Å². The molecule has 0 aliphatic heterocycles. The number of rotatable bonds is 5. The normalized spacial score (nSPS) is 33.9. The molecule has 4 saturated carbocycles. The third-order valence-electron chi connectivity index (χ3n) is 7.23. The SMILES string of the molecule is CN(C(C)(C)C(=O)NC12CC3CC(CC(O)(C3)C1)C2)S(=O)(=O)c1ccccc1F. The van der Waals surface area contributed by atoms with Gasteiger partial charge in [-0.05, 0) is 76.3 Å². The molecule has 4 bridgehead atoms. The number of sulfonamides is 1. The summed E-state index contributed by atoms with van der Waals surface area (Å²) in [5.74, 6) is -0.488. The first-order chi connectivity index (χ1) is 13.4. The van der Waals surface area contributed by atoms with Crippen molar-refractivity contribution in [3.8, 4) is 0 Å². The second kappa shape index (κ2) is 6.49. The molecule has 0 aromatic heterocycles. The minimum atomic E-state index is -4.20. The summed E-state index contributed by atoms with van der Waals surface area (Å²) < 4.78 is 41.0. The number of amides is 1. The first kappa shape index (κ1) is 20.8. The lowest BCUT2D eigenvalue weighted by molar-refractivity contribution is -0.154. The predicted octanol–water partition coefficient (Wildman–Crippen LogP) is 2.42. The summed E-state index contributed by atoms with van der Waals surface area (Å²) >= 11 is 0. The Balaban J connectivity index is 1.57. The summed E-state index contributed by atoms with van der Waals surface area (Å²) in [4.78, 5) is 12.8. The van der Waals surface area contributed by atoms with Crippen molar-refractivity contribution in [2.45, 2.75) is 73.9 Å². The van der Waals surface area contributed by atoms with Crippen LogP contribution < -0.4 is 5.32 Å². The first-order valence-electron chi connectivity index (χ1n) is 10.2. The Morgan fingerprint density at radius 1 is 1.21 bits per heavy atom. The van der Waals surface area contributed by atoms with Gasteiger partial charge in [0, 0.05) is 12.6 Å². The zero-order chi connectivity index (χ0) is 21.2. The van der Waals surface area contributed by atoms with Crippen LogP contribution in [0.4, 0.5) is 4.39 Å². The van der Waals surface area contributed by atoms with Crippen molar-refractivity contribution in [3.05, 3.63) is 30.1 Å². The number of halogens is 1. The number of hydrogen-bond acceptors (Lipinski definition) is 4. The fourth-order valence-corrected chi connectivity index (χ4v) is 7.54. The first-order valence-corrected chi connectivity index (χ1v) is 11.6. The van der Waals surface area contributed by atoms with Gasteiger partial charge in [0.2, 0.25) is 15.9 Å². The van der Waals surface area contributed by atoms with E-state index in [0.717, 1.165) is 42.5 Å². The average Bonchev–Trinajstić information content (AvgIpc) is 2.58. The van der Waals surface area contributed by atoms with Gasteiger partial charge in [0.1, 0.15) is 16.3 Å². The van der Waals surface area contributed by atoms with Crippen molar-refractivity contribution in [2.75, 3.05) is 7.05 Å². The van der Waals surface area contributed by atoms with E-state index in [1.807, 2.05) is 0 Å². The molecule has 0 saturated heterocycles. The van der Waals surface area contributed by atoms with Crippen LogP contribution in [0.15, 0.2) is 29.2 Å². The van der Waals surface area contributed by atoms with Gasteiger partial charge in [-0.15, -0.1) is 0 Å². The van der Waals surface area contributed by atoms with E-state index in [-0.39, 0.29) is 0 Å². The Kier molecular flexibility index (Phi) is 4.65. The van der Waals surface area contributed by atoms with E-state index in [0.29, 0.717) is 18.3 Å². The molecule has 2 atom stereocenters. The lowest BCUT2D eigenvalue weighted by Crippen LogP contribution is -2.68. The smallest absolute Gasteiger partial charge is 0.246 e. The maximum absolute atomic E-state index is 14.1. The van der Waals surface area contributed by atoms with Crippen molar-refractivity contribution in [3.63, 3.8) is 0 Å². The molecule has 0 heterocycles. The molecule has 1 aromatic carbocycles. The Bertz CT molecular complexity index is 932. The molecule has 0 spiro atoms. The summed E-state index contributed by atoms with van der Waals surface area (Å²) in [6.07, 6.45) is 4.80. The van der Waals surface area contributed by atoms with Gasteiger partial charge < -0.3 is 10.4 Å². The van der Waals surface area contributed by atoms with Crippen LogP contribution in [0, 0.1) is 17.7 Å². The van der Waals surface area contributed by atoms with Crippen LogP contribution in [0.5, 0.6) is 0 Å². The van der Waals surface area contributed by atoms with E-state index in [1.165, 1.54) is 39.1 Å². The highest BCUT2D eigenvalue weighted by Gasteiger charge is 2.58. The molecule has 4 fully saturated rings. The summed E-state index contributed by atoms with van der Waals surface area (Å²) in [6.45, 7) is 3.05. The van der Waals surface area contributed by atoms with Gasteiger partial charge in [-0.1, -0.05) is 12.1 Å². The highest BCUT2D eigenvalue weighted by atomic mass is 32.2. The maximum Gasteiger partial charge on any atom is 0.246 e. The third-order valence-corrected chi connectivity index (χ3v) is 9.29. The van der Waals surface area contributed by atoms with Crippen molar-refractivity contribution >= 4 is 15.9 Å². The molecule has 4 aliphatic carbocycles. The molecule has 2 unspecified atom stereocenters. The zero-order valence-corrected chi connectivity index (χ0v) is 17.9. The molecule has 1 aromatic rings. The molecule has 1 amide bonds. The van der Waals surface area contributed by atoms with Crippen molar-refractivity contribution in [1.82, 2.24) is 9.62 Å². The predicted molar refractivity (Wildman–Crippen MR) is 106 cm³/mol. The van der Waals surface area contributed by atoms with Crippen LogP contribution in [0.3, 0.4) is 0 Å². The van der Waals surface area contributed by atoms with Crippen LogP contribution in [-0.2, 0) is 14.8 Å². The van der Waals surface area contributed by atoms with E-state index in [9.17, 15) is 22.7 Å². The molecule has 8 heteroatoms. The molecule has 2 N–H and O–H groups in total. The second-order valence-corrected chi connectivity index (χ2v) is 11.8. The Morgan fingerprint density at radius 3 is 2.34 bits per heavy atom. The quantitative estimate of drug-likeness (QED) is 0.760. The van der Waals surface area contributed by atoms with Crippen LogP contribution in [0.25, 0.3) is 0 Å². The highest BCUT2D eigenvalue weighted by Crippen LogP contribution is 2.57. The number of carbonyl (C=O) groups excluding carboxylic acids is 1. The second-order valence-electron chi connectivity index (χ2n) is 9.88. The van der Waals surface area contributed by atoms with E-state index in [2.05, 4.69) is 5.32 Å². The topological polar surface area (TPSA) is 86.7 Å². The summed E-state index contributed by atoms with van der Waals surface area (Å²) in [5.41, 5.74) is -2.64. The van der Waals surface area contributed by atoms with Crippen molar-refractivity contribution in [1.29, 1.82) is 0 Å². The van der Waals surface area contributed by atoms with E-state index >= 15 is 0 Å². The molecule has 5 rings (SSSR count). The number of aliphatic hydroxyl groups is 1. The average molecular weight is 425 g/mol. The third kappa shape index (κ3) is 3.39. The number of nitrogens with zero attached hydrogens (tertiary/aromatic N) is 1. The van der Waals surface area contributed by atoms with Crippen molar-refractivity contribution in [2.24, 2.45) is 11.8 Å². The van der Waals surface area contributed by atoms with Gasteiger partial charge in [-0.2, -0.15) is 4.31 Å². The zero-order valence-electron chi connectivity index (χ0n) is 17.1. The van der Waals surface area contributed by atoms with Crippen LogP contribution in [-0.4, -0.2) is 47.5 Å². The van der Waals surface area contributed by atoms with Crippen molar-refractivity contribution < 1.29 is 22.7 Å². The number of hydrogen-bond donors (Lipinski definition) is 2. The standard InChI is InChI=1S/C21H29FN2O4S/c1-19(2,24(3)29(27,28)17-7-5-4-6-16(17)22)18(25)23-20-9-14-8-15(10-20)12-21(26,11-14)13-20/h4-7,14-15,26H,8-13H2,1-3H3,(H,23,25).